The van der Waals surface area contributed by atoms with Crippen molar-refractivity contribution in [2.24, 2.45) is 5.92 Å². The van der Waals surface area contributed by atoms with Crippen LogP contribution in [0.4, 0.5) is 4.79 Å². The van der Waals surface area contributed by atoms with Gasteiger partial charge in [-0.3, -0.25) is 19.3 Å². The molecule has 1 saturated carbocycles. The first-order valence-corrected chi connectivity index (χ1v) is 10.0. The molecule has 6 heteroatoms. The molecule has 1 aliphatic carbocycles. The number of carbonyl (C=O) groups excluding carboxylic acids is 3. The van der Waals surface area contributed by atoms with Crippen molar-refractivity contribution in [3.63, 3.8) is 0 Å². The quantitative estimate of drug-likeness (QED) is 0.771. The molecule has 2 aliphatic rings. The zero-order chi connectivity index (χ0) is 18.4. The smallest absolute Gasteiger partial charge is 0.293 e. The van der Waals surface area contributed by atoms with Gasteiger partial charge in [0, 0.05) is 19.5 Å². The van der Waals surface area contributed by atoms with Crippen molar-refractivity contribution in [2.45, 2.75) is 38.5 Å². The summed E-state index contributed by atoms with van der Waals surface area (Å²) >= 11 is 0.950. The molecule has 0 atom stereocenters. The molecule has 0 radical (unpaired) electrons. The summed E-state index contributed by atoms with van der Waals surface area (Å²) in [7, 11) is 0. The first-order chi connectivity index (χ1) is 12.6. The topological polar surface area (TPSA) is 66.5 Å². The largest absolute Gasteiger partial charge is 0.354 e. The van der Waals surface area contributed by atoms with Crippen molar-refractivity contribution in [3.8, 4) is 0 Å². The van der Waals surface area contributed by atoms with Gasteiger partial charge in [0.2, 0.25) is 5.91 Å². The maximum Gasteiger partial charge on any atom is 0.293 e. The number of hydrogen-bond acceptors (Lipinski definition) is 4. The monoisotopic (exact) mass is 372 g/mol. The molecule has 1 saturated heterocycles. The molecular formula is C20H24N2O3S. The summed E-state index contributed by atoms with van der Waals surface area (Å²) in [4.78, 5) is 38.2. The number of nitrogens with one attached hydrogen (secondary N) is 1. The van der Waals surface area contributed by atoms with Crippen LogP contribution in [0.2, 0.25) is 0 Å². The van der Waals surface area contributed by atoms with Gasteiger partial charge in [-0.05, 0) is 42.2 Å². The first kappa shape index (κ1) is 18.7. The number of benzene rings is 1. The Balaban J connectivity index is 1.47. The third-order valence-corrected chi connectivity index (χ3v) is 5.73. The highest BCUT2D eigenvalue weighted by atomic mass is 32.2. The van der Waals surface area contributed by atoms with Gasteiger partial charge < -0.3 is 5.32 Å². The number of nitrogens with zero attached hydrogens (tertiary/aromatic N) is 1. The number of imide groups is 1. The fraction of sp³-hybridized carbons (Fsp3) is 0.450. The number of amides is 3. The fourth-order valence-electron chi connectivity index (χ4n) is 3.43. The molecule has 0 bridgehead atoms. The Morgan fingerprint density at radius 2 is 1.88 bits per heavy atom. The highest BCUT2D eigenvalue weighted by Gasteiger charge is 2.34. The van der Waals surface area contributed by atoms with Crippen LogP contribution in [0.3, 0.4) is 0 Å². The molecule has 1 aliphatic heterocycles. The minimum Gasteiger partial charge on any atom is -0.354 e. The van der Waals surface area contributed by atoms with Gasteiger partial charge in [0.05, 0.1) is 4.91 Å². The summed E-state index contributed by atoms with van der Waals surface area (Å²) in [5, 5.41) is 2.57. The molecule has 3 rings (SSSR count). The Bertz CT molecular complexity index is 696. The van der Waals surface area contributed by atoms with Gasteiger partial charge >= 0.3 is 0 Å². The molecule has 3 amide bonds. The van der Waals surface area contributed by atoms with Crippen LogP contribution in [0.15, 0.2) is 35.2 Å². The van der Waals surface area contributed by atoms with E-state index in [9.17, 15) is 14.4 Å². The molecule has 138 valence electrons. The molecule has 2 fully saturated rings. The summed E-state index contributed by atoms with van der Waals surface area (Å²) in [6.07, 6.45) is 8.22. The Hall–Kier alpha value is -2.08. The zero-order valence-electron chi connectivity index (χ0n) is 14.8. The summed E-state index contributed by atoms with van der Waals surface area (Å²) in [6, 6.07) is 9.45. The van der Waals surface area contributed by atoms with Crippen molar-refractivity contribution in [1.82, 2.24) is 10.2 Å². The second kappa shape index (κ2) is 9.03. The molecule has 5 nitrogen and oxygen atoms in total. The van der Waals surface area contributed by atoms with Crippen LogP contribution >= 0.6 is 11.8 Å². The second-order valence-electron chi connectivity index (χ2n) is 6.80. The van der Waals surface area contributed by atoms with Crippen molar-refractivity contribution < 1.29 is 14.4 Å². The van der Waals surface area contributed by atoms with Gasteiger partial charge in [0.15, 0.2) is 0 Å². The SMILES string of the molecule is O=C(CC1CCCCC1)NCCN1C(=O)S/C(=C\c2ccccc2)C1=O. The van der Waals surface area contributed by atoms with Gasteiger partial charge in [0.1, 0.15) is 0 Å². The van der Waals surface area contributed by atoms with E-state index < -0.39 is 0 Å². The summed E-state index contributed by atoms with van der Waals surface area (Å²) in [5.74, 6) is 0.212. The van der Waals surface area contributed by atoms with E-state index in [1.54, 1.807) is 6.08 Å². The minimum absolute atomic E-state index is 0.0173. The lowest BCUT2D eigenvalue weighted by Crippen LogP contribution is -2.37. The maximum atomic E-state index is 12.4. The van der Waals surface area contributed by atoms with Crippen molar-refractivity contribution in [3.05, 3.63) is 40.8 Å². The normalized spacial score (nSPS) is 20.0. The maximum absolute atomic E-state index is 12.4. The third kappa shape index (κ3) is 4.97. The molecule has 26 heavy (non-hydrogen) atoms. The molecule has 0 unspecified atom stereocenters. The number of rotatable bonds is 6. The standard InChI is InChI=1S/C20H24N2O3S/c23-18(14-16-9-5-2-6-10-16)21-11-12-22-19(24)17(26-20(22)25)13-15-7-3-1-4-8-15/h1,3-4,7-8,13,16H,2,5-6,9-12,14H2,(H,21,23)/b17-13-. The Labute approximate surface area is 158 Å². The van der Waals surface area contributed by atoms with E-state index in [0.717, 1.165) is 30.2 Å². The highest BCUT2D eigenvalue weighted by Crippen LogP contribution is 2.31. The fourth-order valence-corrected chi connectivity index (χ4v) is 4.29. The predicted octanol–water partition coefficient (Wildman–Crippen LogP) is 3.81. The van der Waals surface area contributed by atoms with E-state index >= 15 is 0 Å². The zero-order valence-corrected chi connectivity index (χ0v) is 15.6. The van der Waals surface area contributed by atoms with E-state index in [2.05, 4.69) is 5.32 Å². The van der Waals surface area contributed by atoms with E-state index in [1.165, 1.54) is 24.2 Å². The molecule has 0 spiro atoms. The van der Waals surface area contributed by atoms with Crippen molar-refractivity contribution >= 4 is 34.9 Å². The lowest BCUT2D eigenvalue weighted by atomic mass is 9.87. The summed E-state index contributed by atoms with van der Waals surface area (Å²) < 4.78 is 0. The van der Waals surface area contributed by atoms with Crippen LogP contribution in [-0.4, -0.2) is 35.0 Å². The van der Waals surface area contributed by atoms with Gasteiger partial charge in [-0.2, -0.15) is 0 Å². The van der Waals surface area contributed by atoms with E-state index in [-0.39, 0.29) is 23.6 Å². The average molecular weight is 372 g/mol. The van der Waals surface area contributed by atoms with Crippen LogP contribution in [0.1, 0.15) is 44.1 Å². The second-order valence-corrected chi connectivity index (χ2v) is 7.80. The Morgan fingerprint density at radius 3 is 2.62 bits per heavy atom. The average Bonchev–Trinajstić information content (AvgIpc) is 2.91. The van der Waals surface area contributed by atoms with Gasteiger partial charge in [-0.15, -0.1) is 0 Å². The lowest BCUT2D eigenvalue weighted by Gasteiger charge is -2.21. The van der Waals surface area contributed by atoms with Crippen LogP contribution in [-0.2, 0) is 9.59 Å². The van der Waals surface area contributed by atoms with Gasteiger partial charge in [-0.25, -0.2) is 0 Å². The third-order valence-electron chi connectivity index (χ3n) is 4.83. The van der Waals surface area contributed by atoms with Crippen LogP contribution in [0.5, 0.6) is 0 Å². The predicted molar refractivity (Wildman–Crippen MR) is 103 cm³/mol. The van der Waals surface area contributed by atoms with Crippen molar-refractivity contribution in [2.75, 3.05) is 13.1 Å². The molecular weight excluding hydrogens is 348 g/mol. The number of carbonyl (C=O) groups is 3. The molecule has 1 aromatic rings. The number of hydrogen-bond donors (Lipinski definition) is 1. The molecule has 1 heterocycles. The van der Waals surface area contributed by atoms with E-state index in [0.29, 0.717) is 23.8 Å². The van der Waals surface area contributed by atoms with E-state index in [1.807, 2.05) is 30.3 Å². The minimum atomic E-state index is -0.287. The van der Waals surface area contributed by atoms with Gasteiger partial charge in [0.25, 0.3) is 11.1 Å². The molecule has 0 aromatic heterocycles. The van der Waals surface area contributed by atoms with Crippen LogP contribution < -0.4 is 5.32 Å². The first-order valence-electron chi connectivity index (χ1n) is 9.20. The van der Waals surface area contributed by atoms with Crippen molar-refractivity contribution in [1.29, 1.82) is 0 Å². The Morgan fingerprint density at radius 1 is 1.15 bits per heavy atom. The van der Waals surface area contributed by atoms with Crippen LogP contribution in [0, 0.1) is 5.92 Å². The molecule has 1 aromatic carbocycles. The summed E-state index contributed by atoms with van der Waals surface area (Å²) in [6.45, 7) is 0.523. The van der Waals surface area contributed by atoms with Gasteiger partial charge in [-0.1, -0.05) is 49.6 Å². The lowest BCUT2D eigenvalue weighted by molar-refractivity contribution is -0.124. The van der Waals surface area contributed by atoms with Crippen LogP contribution in [0.25, 0.3) is 6.08 Å². The van der Waals surface area contributed by atoms with E-state index in [4.69, 9.17) is 0 Å². The Kier molecular flexibility index (Phi) is 6.50. The summed E-state index contributed by atoms with van der Waals surface area (Å²) in [5.41, 5.74) is 0.888. The highest BCUT2D eigenvalue weighted by molar-refractivity contribution is 8.18. The molecule has 1 N–H and O–H groups in total. The number of thioether (sulfide) groups is 1.